The Labute approximate surface area is 126 Å². The topological polar surface area (TPSA) is 83.6 Å². The van der Waals surface area contributed by atoms with Crippen LogP contribution in [0, 0.1) is 5.82 Å². The molecule has 0 aliphatic heterocycles. The molecular weight excluding hydrogens is 287 g/mol. The van der Waals surface area contributed by atoms with Crippen molar-refractivity contribution < 1.29 is 19.1 Å². The average molecular weight is 302 g/mol. The number of benzene rings is 2. The van der Waals surface area contributed by atoms with Gasteiger partial charge in [0, 0.05) is 13.1 Å². The van der Waals surface area contributed by atoms with Gasteiger partial charge >= 0.3 is 12.0 Å². The van der Waals surface area contributed by atoms with E-state index in [1.165, 1.54) is 29.2 Å². The summed E-state index contributed by atoms with van der Waals surface area (Å²) in [5.74, 6) is -1.36. The Balaban J connectivity index is 2.09. The number of carbonyl (C=O) groups excluding carboxylic acids is 1. The molecule has 3 N–H and O–H groups in total. The third-order valence-corrected chi connectivity index (χ3v) is 3.17. The van der Waals surface area contributed by atoms with E-state index in [-0.39, 0.29) is 24.5 Å². The lowest BCUT2D eigenvalue weighted by Gasteiger charge is -2.20. The highest BCUT2D eigenvalue weighted by molar-refractivity contribution is 5.87. The van der Waals surface area contributed by atoms with Crippen LogP contribution in [-0.4, -0.2) is 22.0 Å². The van der Waals surface area contributed by atoms with Crippen molar-refractivity contribution in [3.8, 4) is 0 Å². The van der Waals surface area contributed by atoms with Crippen molar-refractivity contribution >= 4 is 12.0 Å². The summed E-state index contributed by atoms with van der Waals surface area (Å²) in [6.45, 7) is 0.489. The van der Waals surface area contributed by atoms with E-state index < -0.39 is 12.0 Å². The van der Waals surface area contributed by atoms with Gasteiger partial charge in [0.2, 0.25) is 0 Å². The molecule has 0 aromatic heterocycles. The van der Waals surface area contributed by atoms with E-state index in [9.17, 15) is 14.0 Å². The quantitative estimate of drug-likeness (QED) is 0.890. The van der Waals surface area contributed by atoms with Gasteiger partial charge in [0.15, 0.2) is 0 Å². The number of nitrogens with two attached hydrogens (primary N) is 1. The van der Waals surface area contributed by atoms with Crippen LogP contribution in [0.4, 0.5) is 9.18 Å². The van der Waals surface area contributed by atoms with Crippen molar-refractivity contribution in [3.63, 3.8) is 0 Å². The molecule has 0 atom stereocenters. The number of aromatic carboxylic acids is 1. The average Bonchev–Trinajstić information content (AvgIpc) is 2.49. The van der Waals surface area contributed by atoms with Gasteiger partial charge in [-0.1, -0.05) is 24.3 Å². The Bertz CT molecular complexity index is 669. The highest BCUT2D eigenvalue weighted by atomic mass is 19.1. The van der Waals surface area contributed by atoms with Crippen molar-refractivity contribution in [1.82, 2.24) is 4.90 Å². The summed E-state index contributed by atoms with van der Waals surface area (Å²) in [4.78, 5) is 23.7. The van der Waals surface area contributed by atoms with Gasteiger partial charge in [-0.15, -0.1) is 0 Å². The van der Waals surface area contributed by atoms with Gasteiger partial charge in [-0.2, -0.15) is 0 Å². The predicted octanol–water partition coefficient (Wildman–Crippen LogP) is 2.60. The summed E-state index contributed by atoms with van der Waals surface area (Å²) in [5.41, 5.74) is 7.04. The summed E-state index contributed by atoms with van der Waals surface area (Å²) >= 11 is 0. The number of urea groups is 1. The molecular formula is C16H15FN2O3. The Hall–Kier alpha value is -2.89. The molecule has 22 heavy (non-hydrogen) atoms. The molecule has 0 saturated carbocycles. The summed E-state index contributed by atoms with van der Waals surface area (Å²) in [6, 6.07) is 11.4. The van der Waals surface area contributed by atoms with Crippen molar-refractivity contribution in [3.05, 3.63) is 71.0 Å². The first-order chi connectivity index (χ1) is 10.5. The molecule has 0 unspecified atom stereocenters. The number of amides is 2. The van der Waals surface area contributed by atoms with Crippen LogP contribution >= 0.6 is 0 Å². The lowest BCUT2D eigenvalue weighted by atomic mass is 10.1. The monoisotopic (exact) mass is 302 g/mol. The maximum atomic E-state index is 12.9. The number of carboxylic acid groups (broad SMARTS) is 1. The minimum Gasteiger partial charge on any atom is -0.478 e. The van der Waals surface area contributed by atoms with Gasteiger partial charge in [-0.3, -0.25) is 0 Å². The molecule has 5 nitrogen and oxygen atoms in total. The molecule has 0 saturated heterocycles. The Morgan fingerprint density at radius 1 is 0.955 bits per heavy atom. The van der Waals surface area contributed by atoms with E-state index in [0.29, 0.717) is 0 Å². The molecule has 0 spiro atoms. The Kier molecular flexibility index (Phi) is 4.73. The fraction of sp³-hybridized carbons (Fsp3) is 0.125. The van der Waals surface area contributed by atoms with E-state index in [1.54, 1.807) is 24.3 Å². The first-order valence-corrected chi connectivity index (χ1v) is 6.57. The van der Waals surface area contributed by atoms with Gasteiger partial charge < -0.3 is 15.7 Å². The van der Waals surface area contributed by atoms with Gasteiger partial charge in [0.25, 0.3) is 0 Å². The third kappa shape index (κ3) is 4.05. The summed E-state index contributed by atoms with van der Waals surface area (Å²) in [7, 11) is 0. The molecule has 114 valence electrons. The van der Waals surface area contributed by atoms with Crippen LogP contribution in [0.2, 0.25) is 0 Å². The maximum absolute atomic E-state index is 12.9. The molecule has 2 aromatic rings. The zero-order chi connectivity index (χ0) is 16.1. The third-order valence-electron chi connectivity index (χ3n) is 3.17. The first-order valence-electron chi connectivity index (χ1n) is 6.57. The van der Waals surface area contributed by atoms with Crippen molar-refractivity contribution in [2.24, 2.45) is 5.73 Å². The molecule has 0 aliphatic rings. The first kappa shape index (κ1) is 15.5. The molecule has 2 amide bonds. The minimum atomic E-state index is -1.01. The fourth-order valence-electron chi connectivity index (χ4n) is 2.00. The number of hydrogen-bond donors (Lipinski definition) is 2. The molecule has 0 aliphatic carbocycles. The van der Waals surface area contributed by atoms with Crippen LogP contribution in [0.15, 0.2) is 48.5 Å². The number of hydrogen-bond acceptors (Lipinski definition) is 2. The number of nitrogens with zero attached hydrogens (tertiary/aromatic N) is 1. The van der Waals surface area contributed by atoms with E-state index >= 15 is 0 Å². The van der Waals surface area contributed by atoms with E-state index in [4.69, 9.17) is 10.8 Å². The molecule has 6 heteroatoms. The zero-order valence-electron chi connectivity index (χ0n) is 11.7. The Morgan fingerprint density at radius 2 is 1.41 bits per heavy atom. The highest BCUT2D eigenvalue weighted by Gasteiger charge is 2.12. The normalized spacial score (nSPS) is 10.2. The lowest BCUT2D eigenvalue weighted by Crippen LogP contribution is -2.34. The second-order valence-electron chi connectivity index (χ2n) is 4.82. The van der Waals surface area contributed by atoms with Crippen molar-refractivity contribution in [2.75, 3.05) is 0 Å². The molecule has 0 radical (unpaired) electrons. The van der Waals surface area contributed by atoms with Gasteiger partial charge in [0.05, 0.1) is 5.56 Å². The largest absolute Gasteiger partial charge is 0.478 e. The van der Waals surface area contributed by atoms with E-state index in [1.807, 2.05) is 0 Å². The van der Waals surface area contributed by atoms with Crippen LogP contribution in [0.25, 0.3) is 0 Å². The predicted molar refractivity (Wildman–Crippen MR) is 78.6 cm³/mol. The molecule has 0 heterocycles. The van der Waals surface area contributed by atoms with Crippen LogP contribution in [0.1, 0.15) is 21.5 Å². The number of rotatable bonds is 5. The van der Waals surface area contributed by atoms with Crippen LogP contribution in [0.5, 0.6) is 0 Å². The second-order valence-corrected chi connectivity index (χ2v) is 4.82. The fourth-order valence-corrected chi connectivity index (χ4v) is 2.00. The summed E-state index contributed by atoms with van der Waals surface area (Å²) in [5, 5.41) is 8.85. The smallest absolute Gasteiger partial charge is 0.335 e. The number of primary amides is 1. The number of carboxylic acids is 1. The number of halogens is 1. The zero-order valence-corrected chi connectivity index (χ0v) is 11.7. The molecule has 2 aromatic carbocycles. The van der Waals surface area contributed by atoms with Crippen LogP contribution < -0.4 is 5.73 Å². The van der Waals surface area contributed by atoms with Crippen molar-refractivity contribution in [2.45, 2.75) is 13.1 Å². The maximum Gasteiger partial charge on any atom is 0.335 e. The second kappa shape index (κ2) is 6.71. The van der Waals surface area contributed by atoms with E-state index in [0.717, 1.165) is 11.1 Å². The standard InChI is InChI=1S/C16H15FN2O3/c17-14-7-3-12(4-8-14)10-19(16(18)22)9-11-1-5-13(6-2-11)15(20)21/h1-8H,9-10H2,(H2,18,22)(H,20,21). The summed E-state index contributed by atoms with van der Waals surface area (Å²) in [6.07, 6.45) is 0. The van der Waals surface area contributed by atoms with Gasteiger partial charge in [-0.25, -0.2) is 14.0 Å². The lowest BCUT2D eigenvalue weighted by molar-refractivity contribution is 0.0697. The minimum absolute atomic E-state index is 0.174. The van der Waals surface area contributed by atoms with Crippen molar-refractivity contribution in [1.29, 1.82) is 0 Å². The Morgan fingerprint density at radius 3 is 1.82 bits per heavy atom. The SMILES string of the molecule is NC(=O)N(Cc1ccc(F)cc1)Cc1ccc(C(=O)O)cc1. The van der Waals surface area contributed by atoms with Gasteiger partial charge in [-0.05, 0) is 35.4 Å². The van der Waals surface area contributed by atoms with Gasteiger partial charge in [0.1, 0.15) is 5.82 Å². The highest BCUT2D eigenvalue weighted by Crippen LogP contribution is 2.12. The molecule has 2 rings (SSSR count). The summed E-state index contributed by atoms with van der Waals surface area (Å²) < 4.78 is 12.9. The molecule has 0 fully saturated rings. The number of carbonyl (C=O) groups is 2. The molecule has 0 bridgehead atoms. The van der Waals surface area contributed by atoms with E-state index in [2.05, 4.69) is 0 Å². The van der Waals surface area contributed by atoms with Crippen LogP contribution in [-0.2, 0) is 13.1 Å². The van der Waals surface area contributed by atoms with Crippen LogP contribution in [0.3, 0.4) is 0 Å².